The molecule has 0 saturated carbocycles. The molecular formula is C9H10O2. The van der Waals surface area contributed by atoms with Gasteiger partial charge in [0.25, 0.3) is 0 Å². The molecule has 58 valence electrons. The van der Waals surface area contributed by atoms with E-state index in [0.717, 1.165) is 24.0 Å². The first-order valence-electron chi connectivity index (χ1n) is 3.77. The van der Waals surface area contributed by atoms with Gasteiger partial charge in [0.15, 0.2) is 0 Å². The first-order chi connectivity index (χ1) is 5.27. The highest BCUT2D eigenvalue weighted by molar-refractivity contribution is 5.39. The van der Waals surface area contributed by atoms with Crippen molar-refractivity contribution in [2.24, 2.45) is 0 Å². The minimum atomic E-state index is -0.314. The molecule has 1 atom stereocenters. The normalized spacial score (nSPS) is 21.7. The second kappa shape index (κ2) is 2.24. The largest absolute Gasteiger partial charge is 0.508 e. The lowest BCUT2D eigenvalue weighted by Crippen LogP contribution is -1.88. The second-order valence-corrected chi connectivity index (χ2v) is 2.94. The van der Waals surface area contributed by atoms with Gasteiger partial charge < -0.3 is 10.2 Å². The molecule has 0 spiro atoms. The second-order valence-electron chi connectivity index (χ2n) is 2.94. The molecular weight excluding hydrogens is 140 g/mol. The summed E-state index contributed by atoms with van der Waals surface area (Å²) in [6.45, 7) is 0. The first-order valence-corrected chi connectivity index (χ1v) is 3.77. The van der Waals surface area contributed by atoms with Crippen LogP contribution in [0.4, 0.5) is 0 Å². The minimum Gasteiger partial charge on any atom is -0.508 e. The summed E-state index contributed by atoms with van der Waals surface area (Å²) in [6.07, 6.45) is 1.36. The summed E-state index contributed by atoms with van der Waals surface area (Å²) in [5, 5.41) is 18.5. The summed E-state index contributed by atoms with van der Waals surface area (Å²) < 4.78 is 0. The van der Waals surface area contributed by atoms with E-state index in [-0.39, 0.29) is 11.9 Å². The Morgan fingerprint density at radius 2 is 2.18 bits per heavy atom. The molecule has 0 heterocycles. The Morgan fingerprint density at radius 3 is 3.00 bits per heavy atom. The van der Waals surface area contributed by atoms with Gasteiger partial charge in [-0.3, -0.25) is 0 Å². The maximum absolute atomic E-state index is 9.39. The van der Waals surface area contributed by atoms with Crippen LogP contribution in [0.5, 0.6) is 5.75 Å². The van der Waals surface area contributed by atoms with Crippen molar-refractivity contribution < 1.29 is 10.2 Å². The summed E-state index contributed by atoms with van der Waals surface area (Å²) in [5.74, 6) is 0.290. The lowest BCUT2D eigenvalue weighted by molar-refractivity contribution is 0.180. The predicted molar refractivity (Wildman–Crippen MR) is 41.4 cm³/mol. The van der Waals surface area contributed by atoms with Crippen LogP contribution in [-0.4, -0.2) is 10.2 Å². The van der Waals surface area contributed by atoms with Crippen molar-refractivity contribution in [1.82, 2.24) is 0 Å². The number of hydrogen-bond acceptors (Lipinski definition) is 2. The van der Waals surface area contributed by atoms with Crippen LogP contribution < -0.4 is 0 Å². The number of phenolic OH excluding ortho intramolecular Hbond substituents is 1. The number of rotatable bonds is 0. The third-order valence-electron chi connectivity index (χ3n) is 2.17. The predicted octanol–water partition coefficient (Wildman–Crippen LogP) is 1.37. The number of aliphatic hydroxyl groups is 1. The Balaban J connectivity index is 2.50. The molecule has 2 N–H and O–H groups in total. The number of phenols is 1. The van der Waals surface area contributed by atoms with Crippen LogP contribution in [0.3, 0.4) is 0 Å². The highest BCUT2D eigenvalue weighted by Crippen LogP contribution is 2.32. The van der Waals surface area contributed by atoms with Crippen LogP contribution in [0.1, 0.15) is 23.7 Å². The maximum Gasteiger partial charge on any atom is 0.115 e. The van der Waals surface area contributed by atoms with Gasteiger partial charge in [-0.2, -0.15) is 0 Å². The molecule has 0 aromatic heterocycles. The van der Waals surface area contributed by atoms with E-state index in [1.807, 2.05) is 0 Å². The van der Waals surface area contributed by atoms with E-state index < -0.39 is 0 Å². The van der Waals surface area contributed by atoms with Crippen molar-refractivity contribution in [3.63, 3.8) is 0 Å². The van der Waals surface area contributed by atoms with Gasteiger partial charge in [-0.05, 0) is 36.1 Å². The van der Waals surface area contributed by atoms with E-state index in [4.69, 9.17) is 5.11 Å². The molecule has 0 radical (unpaired) electrons. The number of benzene rings is 1. The third-order valence-corrected chi connectivity index (χ3v) is 2.17. The van der Waals surface area contributed by atoms with Crippen molar-refractivity contribution in [1.29, 1.82) is 0 Å². The molecule has 1 aromatic rings. The molecule has 0 aliphatic heterocycles. The molecule has 11 heavy (non-hydrogen) atoms. The average Bonchev–Trinajstić information content (AvgIpc) is 2.32. The highest BCUT2D eigenvalue weighted by Gasteiger charge is 2.19. The molecule has 1 aliphatic carbocycles. The lowest BCUT2D eigenvalue weighted by atomic mass is 10.1. The van der Waals surface area contributed by atoms with E-state index in [2.05, 4.69) is 0 Å². The van der Waals surface area contributed by atoms with Crippen LogP contribution in [0, 0.1) is 0 Å². The van der Waals surface area contributed by atoms with E-state index in [1.165, 1.54) is 0 Å². The van der Waals surface area contributed by atoms with Gasteiger partial charge in [0.05, 0.1) is 6.10 Å². The fourth-order valence-corrected chi connectivity index (χ4v) is 1.58. The summed E-state index contributed by atoms with van der Waals surface area (Å²) in [5.41, 5.74) is 2.06. The van der Waals surface area contributed by atoms with Gasteiger partial charge in [0.1, 0.15) is 5.75 Å². The SMILES string of the molecule is Oc1ccc2c(c1)CCC2O. The summed E-state index contributed by atoms with van der Waals surface area (Å²) in [4.78, 5) is 0. The average molecular weight is 150 g/mol. The molecule has 0 bridgehead atoms. The van der Waals surface area contributed by atoms with Crippen molar-refractivity contribution in [2.45, 2.75) is 18.9 Å². The van der Waals surface area contributed by atoms with E-state index in [9.17, 15) is 5.11 Å². The Morgan fingerprint density at radius 1 is 1.36 bits per heavy atom. The molecule has 0 fully saturated rings. The quantitative estimate of drug-likeness (QED) is 0.586. The standard InChI is InChI=1S/C9H10O2/c10-7-2-3-8-6(5-7)1-4-9(8)11/h2-3,5,9-11H,1,4H2. The smallest absolute Gasteiger partial charge is 0.115 e. The number of fused-ring (bicyclic) bond motifs is 1. The van der Waals surface area contributed by atoms with E-state index in [1.54, 1.807) is 18.2 Å². The minimum absolute atomic E-state index is 0.290. The molecule has 1 aliphatic rings. The molecule has 2 rings (SSSR count). The van der Waals surface area contributed by atoms with E-state index >= 15 is 0 Å². The summed E-state index contributed by atoms with van der Waals surface area (Å²) >= 11 is 0. The van der Waals surface area contributed by atoms with Gasteiger partial charge in [0, 0.05) is 0 Å². The highest BCUT2D eigenvalue weighted by atomic mass is 16.3. The molecule has 0 amide bonds. The summed E-state index contributed by atoms with van der Waals surface area (Å²) in [7, 11) is 0. The van der Waals surface area contributed by atoms with E-state index in [0.29, 0.717) is 0 Å². The Kier molecular flexibility index (Phi) is 1.36. The zero-order valence-corrected chi connectivity index (χ0v) is 6.12. The lowest BCUT2D eigenvalue weighted by Gasteiger charge is -2.02. The number of aromatic hydroxyl groups is 1. The van der Waals surface area contributed by atoms with Gasteiger partial charge in [-0.25, -0.2) is 0 Å². The van der Waals surface area contributed by atoms with Gasteiger partial charge in [-0.15, -0.1) is 0 Å². The molecule has 0 saturated heterocycles. The number of aryl methyl sites for hydroxylation is 1. The zero-order chi connectivity index (χ0) is 7.84. The fraction of sp³-hybridized carbons (Fsp3) is 0.333. The topological polar surface area (TPSA) is 40.5 Å². The Bertz CT molecular complexity index is 281. The number of aliphatic hydroxyl groups excluding tert-OH is 1. The van der Waals surface area contributed by atoms with Crippen LogP contribution >= 0.6 is 0 Å². The van der Waals surface area contributed by atoms with Crippen LogP contribution in [-0.2, 0) is 6.42 Å². The van der Waals surface area contributed by atoms with Crippen molar-refractivity contribution in [2.75, 3.05) is 0 Å². The van der Waals surface area contributed by atoms with Crippen LogP contribution in [0.15, 0.2) is 18.2 Å². The van der Waals surface area contributed by atoms with Crippen molar-refractivity contribution >= 4 is 0 Å². The molecule has 2 nitrogen and oxygen atoms in total. The molecule has 1 aromatic carbocycles. The van der Waals surface area contributed by atoms with Gasteiger partial charge >= 0.3 is 0 Å². The molecule has 1 unspecified atom stereocenters. The van der Waals surface area contributed by atoms with Crippen LogP contribution in [0.2, 0.25) is 0 Å². The summed E-state index contributed by atoms with van der Waals surface area (Å²) in [6, 6.07) is 5.14. The van der Waals surface area contributed by atoms with Gasteiger partial charge in [0.2, 0.25) is 0 Å². The van der Waals surface area contributed by atoms with Crippen molar-refractivity contribution in [3.8, 4) is 5.75 Å². The van der Waals surface area contributed by atoms with Crippen molar-refractivity contribution in [3.05, 3.63) is 29.3 Å². The molecule has 2 heteroatoms. The maximum atomic E-state index is 9.39. The monoisotopic (exact) mass is 150 g/mol. The third kappa shape index (κ3) is 0.994. The van der Waals surface area contributed by atoms with Gasteiger partial charge in [-0.1, -0.05) is 6.07 Å². The Labute approximate surface area is 65.1 Å². The zero-order valence-electron chi connectivity index (χ0n) is 6.12. The number of hydrogen-bond donors (Lipinski definition) is 2. The van der Waals surface area contributed by atoms with Crippen LogP contribution in [0.25, 0.3) is 0 Å². The fourth-order valence-electron chi connectivity index (χ4n) is 1.58. The Hall–Kier alpha value is -1.02. The first kappa shape index (κ1) is 6.68.